The van der Waals surface area contributed by atoms with Crippen molar-refractivity contribution in [2.24, 2.45) is 0 Å². The van der Waals surface area contributed by atoms with Gasteiger partial charge in [0, 0.05) is 26.4 Å². The molecule has 0 spiro atoms. The third kappa shape index (κ3) is 6.99. The maximum atomic E-state index is 12.6. The molecule has 2 aliphatic rings. The second-order valence-electron chi connectivity index (χ2n) is 8.62. The molecule has 8 nitrogen and oxygen atoms in total. The Morgan fingerprint density at radius 3 is 2.67 bits per heavy atom. The molecule has 33 heavy (non-hydrogen) atoms. The Labute approximate surface area is 198 Å². The minimum atomic E-state index is -0.875. The highest BCUT2D eigenvalue weighted by Crippen LogP contribution is 2.23. The minimum Gasteiger partial charge on any atom is -0.388 e. The number of aliphatic hydroxyl groups is 1. The summed E-state index contributed by atoms with van der Waals surface area (Å²) in [5, 5.41) is 15.5. The van der Waals surface area contributed by atoms with Crippen molar-refractivity contribution in [1.82, 2.24) is 19.1 Å². The van der Waals surface area contributed by atoms with Crippen LogP contribution in [0.25, 0.3) is 5.52 Å². The van der Waals surface area contributed by atoms with E-state index in [0.717, 1.165) is 50.4 Å². The van der Waals surface area contributed by atoms with Crippen LogP contribution in [-0.4, -0.2) is 61.3 Å². The molecule has 2 aromatic heterocycles. The maximum Gasteiger partial charge on any atom is 0.277 e. The summed E-state index contributed by atoms with van der Waals surface area (Å²) in [5.74, 6) is 0. The van der Waals surface area contributed by atoms with Crippen molar-refractivity contribution in [2.45, 2.75) is 62.6 Å². The van der Waals surface area contributed by atoms with E-state index < -0.39 is 5.60 Å². The molecule has 3 heterocycles. The van der Waals surface area contributed by atoms with E-state index in [9.17, 15) is 19.5 Å². The lowest BCUT2D eigenvalue weighted by atomic mass is 9.91. The summed E-state index contributed by atoms with van der Waals surface area (Å²) >= 11 is 1.04. The van der Waals surface area contributed by atoms with Crippen molar-refractivity contribution < 1.29 is 14.7 Å². The van der Waals surface area contributed by atoms with Crippen LogP contribution >= 0.6 is 11.8 Å². The van der Waals surface area contributed by atoms with Crippen molar-refractivity contribution in [3.63, 3.8) is 0 Å². The molecule has 0 aromatic carbocycles. The highest BCUT2D eigenvalue weighted by Gasteiger charge is 2.32. The highest BCUT2D eigenvalue weighted by atomic mass is 32.2. The fourth-order valence-electron chi connectivity index (χ4n) is 3.93. The molecule has 0 atom stereocenters. The average molecular weight is 473 g/mol. The molecule has 1 N–H and O–H groups in total. The number of rotatable bonds is 6. The lowest BCUT2D eigenvalue weighted by Crippen LogP contribution is -2.47. The zero-order valence-corrected chi connectivity index (χ0v) is 20.1. The van der Waals surface area contributed by atoms with E-state index in [0.29, 0.717) is 29.8 Å². The first kappa shape index (κ1) is 25.1. The van der Waals surface area contributed by atoms with Crippen LogP contribution < -0.4 is 5.56 Å². The van der Waals surface area contributed by atoms with Gasteiger partial charge in [-0.15, -0.1) is 0 Å². The zero-order chi connectivity index (χ0) is 23.8. The number of likely N-dealkylation sites (tertiary alicyclic amines) is 1. The number of allylic oxidation sites excluding steroid dienone is 4. The van der Waals surface area contributed by atoms with Gasteiger partial charge in [-0.25, -0.2) is 4.52 Å². The Bertz CT molecular complexity index is 1090. The predicted octanol–water partition coefficient (Wildman–Crippen LogP) is 2.83. The number of aromatic nitrogens is 3. The minimum absolute atomic E-state index is 0.0587. The van der Waals surface area contributed by atoms with Crippen molar-refractivity contribution in [2.75, 3.05) is 20.1 Å². The summed E-state index contributed by atoms with van der Waals surface area (Å²) in [7, 11) is 2.02. The fourth-order valence-corrected chi connectivity index (χ4v) is 4.59. The van der Waals surface area contributed by atoms with E-state index >= 15 is 0 Å². The predicted molar refractivity (Wildman–Crippen MR) is 129 cm³/mol. The molecule has 0 amide bonds. The maximum absolute atomic E-state index is 12.6. The summed E-state index contributed by atoms with van der Waals surface area (Å²) in [6, 6.07) is 3.38. The standard InChI is InChI=1S/C15H20N4O3S.C9H12O/c1-11(20)23-13-4-3-12-14(21)18(10-16-19(12)13)9-15(22)5-7-17(2)8-6-15;10-8-4-7-9-5-2-1-3-6-9/h3-4,10,22H,5-9H2,1-2H3;2,5-6,8H,1,3-4,7H2. The van der Waals surface area contributed by atoms with E-state index in [1.807, 2.05) is 7.05 Å². The number of nitrogens with zero attached hydrogens (tertiary/aromatic N) is 4. The van der Waals surface area contributed by atoms with Crippen LogP contribution in [0.3, 0.4) is 0 Å². The monoisotopic (exact) mass is 472 g/mol. The molecule has 0 unspecified atom stereocenters. The lowest BCUT2D eigenvalue weighted by Gasteiger charge is -2.36. The molecule has 2 aromatic rings. The topological polar surface area (TPSA) is 96.9 Å². The van der Waals surface area contributed by atoms with Gasteiger partial charge in [-0.1, -0.05) is 23.8 Å². The van der Waals surface area contributed by atoms with Crippen molar-refractivity contribution in [3.05, 3.63) is 52.6 Å². The third-order valence-electron chi connectivity index (χ3n) is 5.86. The van der Waals surface area contributed by atoms with Gasteiger partial charge >= 0.3 is 0 Å². The highest BCUT2D eigenvalue weighted by molar-refractivity contribution is 8.13. The second-order valence-corrected chi connectivity index (χ2v) is 9.82. The van der Waals surface area contributed by atoms with Crippen LogP contribution in [0.15, 0.2) is 52.1 Å². The van der Waals surface area contributed by atoms with E-state index in [2.05, 4.69) is 28.2 Å². The van der Waals surface area contributed by atoms with Crippen LogP contribution in [0.4, 0.5) is 0 Å². The molecule has 9 heteroatoms. The quantitative estimate of drug-likeness (QED) is 0.510. The Hall–Kier alpha value is -2.49. The van der Waals surface area contributed by atoms with Crippen LogP contribution in [0.2, 0.25) is 0 Å². The van der Waals surface area contributed by atoms with E-state index in [1.165, 1.54) is 27.9 Å². The smallest absolute Gasteiger partial charge is 0.277 e. The number of hydrogen-bond acceptors (Lipinski definition) is 7. The largest absolute Gasteiger partial charge is 0.388 e. The number of hydrogen-bond donors (Lipinski definition) is 1. The number of aldehydes is 1. The first-order chi connectivity index (χ1) is 15.8. The van der Waals surface area contributed by atoms with Crippen molar-refractivity contribution in [3.8, 4) is 0 Å². The molecular formula is C24H32N4O4S. The molecule has 1 fully saturated rings. The fraction of sp³-hybridized carbons (Fsp3) is 0.500. The Kier molecular flexibility index (Phi) is 8.82. The number of carbonyl (C=O) groups is 2. The van der Waals surface area contributed by atoms with Crippen molar-refractivity contribution >= 4 is 28.7 Å². The van der Waals surface area contributed by atoms with Gasteiger partial charge in [0.25, 0.3) is 5.56 Å². The summed E-state index contributed by atoms with van der Waals surface area (Å²) in [5.41, 5.74) is 0.647. The number of thioether (sulfide) groups is 1. The average Bonchev–Trinajstić information content (AvgIpc) is 3.20. The van der Waals surface area contributed by atoms with Crippen LogP contribution in [0, 0.1) is 0 Å². The molecule has 4 rings (SSSR count). The van der Waals surface area contributed by atoms with Gasteiger partial charge in [0.1, 0.15) is 23.2 Å². The summed E-state index contributed by atoms with van der Waals surface area (Å²) in [6.07, 6.45) is 14.1. The number of fused-ring (bicyclic) bond motifs is 1. The van der Waals surface area contributed by atoms with Gasteiger partial charge in [-0.3, -0.25) is 14.2 Å². The van der Waals surface area contributed by atoms with E-state index in [1.54, 1.807) is 12.1 Å². The molecule has 178 valence electrons. The summed E-state index contributed by atoms with van der Waals surface area (Å²) in [4.78, 5) is 36.0. The van der Waals surface area contributed by atoms with Gasteiger partial charge in [0.05, 0.1) is 12.1 Å². The SMILES string of the molecule is CC(=O)Sc1ccc2c(=O)n(CC3(O)CCN(C)CC3)cnn12.O=CCCC1=CCCC=C1. The Morgan fingerprint density at radius 2 is 2.03 bits per heavy atom. The second kappa shape index (κ2) is 11.6. The van der Waals surface area contributed by atoms with Crippen LogP contribution in [0.1, 0.15) is 45.4 Å². The van der Waals surface area contributed by atoms with Crippen molar-refractivity contribution in [1.29, 1.82) is 0 Å². The summed E-state index contributed by atoms with van der Waals surface area (Å²) < 4.78 is 2.94. The Balaban J connectivity index is 0.000000257. The van der Waals surface area contributed by atoms with Crippen LogP contribution in [-0.2, 0) is 16.1 Å². The summed E-state index contributed by atoms with van der Waals surface area (Å²) in [6.45, 7) is 3.33. The molecule has 0 bridgehead atoms. The molecule has 0 radical (unpaired) electrons. The molecule has 1 aliphatic carbocycles. The Morgan fingerprint density at radius 1 is 1.27 bits per heavy atom. The number of piperidine rings is 1. The first-order valence-electron chi connectivity index (χ1n) is 11.3. The van der Waals surface area contributed by atoms with Gasteiger partial charge in [-0.05, 0) is 63.0 Å². The zero-order valence-electron chi connectivity index (χ0n) is 19.3. The van der Waals surface area contributed by atoms with E-state index in [4.69, 9.17) is 0 Å². The van der Waals surface area contributed by atoms with Crippen LogP contribution in [0.5, 0.6) is 0 Å². The molecule has 1 aliphatic heterocycles. The molecular weight excluding hydrogens is 440 g/mol. The van der Waals surface area contributed by atoms with Gasteiger partial charge in [0.2, 0.25) is 0 Å². The first-order valence-corrected chi connectivity index (χ1v) is 12.1. The van der Waals surface area contributed by atoms with Gasteiger partial charge in [-0.2, -0.15) is 5.10 Å². The van der Waals surface area contributed by atoms with Gasteiger partial charge in [0.15, 0.2) is 5.12 Å². The molecule has 1 saturated heterocycles. The number of carbonyl (C=O) groups excluding carboxylic acids is 2. The normalized spacial score (nSPS) is 17.8. The van der Waals surface area contributed by atoms with E-state index in [-0.39, 0.29) is 17.2 Å². The van der Waals surface area contributed by atoms with Gasteiger partial charge < -0.3 is 14.8 Å². The third-order valence-corrected chi connectivity index (χ3v) is 6.67. The lowest BCUT2D eigenvalue weighted by molar-refractivity contribution is -0.109. The molecule has 0 saturated carbocycles.